The molecule has 9 heteroatoms. The van der Waals surface area contributed by atoms with Crippen LogP contribution in [0, 0.1) is 12.8 Å². The van der Waals surface area contributed by atoms with E-state index in [4.69, 9.17) is 9.72 Å². The van der Waals surface area contributed by atoms with Crippen molar-refractivity contribution < 1.29 is 17.9 Å². The topological polar surface area (TPSA) is 91.8 Å². The van der Waals surface area contributed by atoms with Crippen molar-refractivity contribution in [3.8, 4) is 0 Å². The van der Waals surface area contributed by atoms with Crippen molar-refractivity contribution in [3.63, 3.8) is 0 Å². The van der Waals surface area contributed by atoms with E-state index in [9.17, 15) is 13.2 Å². The lowest BCUT2D eigenvalue weighted by Crippen LogP contribution is -2.43. The number of sulfonamides is 1. The summed E-state index contributed by atoms with van der Waals surface area (Å²) in [6.07, 6.45) is 1.77. The van der Waals surface area contributed by atoms with Gasteiger partial charge in [0.25, 0.3) is 0 Å². The second kappa shape index (κ2) is 10.5. The fraction of sp³-hybridized carbons (Fsp3) is 0.407. The Labute approximate surface area is 212 Å². The van der Waals surface area contributed by atoms with Crippen LogP contribution in [0.4, 0.5) is 5.82 Å². The van der Waals surface area contributed by atoms with Crippen molar-refractivity contribution in [1.29, 1.82) is 0 Å². The molecule has 2 aromatic carbocycles. The van der Waals surface area contributed by atoms with E-state index in [0.717, 1.165) is 41.7 Å². The molecule has 1 N–H and O–H groups in total. The zero-order valence-electron chi connectivity index (χ0n) is 20.5. The number of morpholine rings is 1. The van der Waals surface area contributed by atoms with Crippen LogP contribution in [-0.2, 0) is 26.1 Å². The van der Waals surface area contributed by atoms with Crippen molar-refractivity contribution in [2.75, 3.05) is 44.3 Å². The molecule has 3 heterocycles. The van der Waals surface area contributed by atoms with Gasteiger partial charge in [0.05, 0.1) is 29.5 Å². The predicted octanol–water partition coefficient (Wildman–Crippen LogP) is 3.10. The first-order chi connectivity index (χ1) is 17.4. The molecule has 1 atom stereocenters. The molecule has 36 heavy (non-hydrogen) atoms. The summed E-state index contributed by atoms with van der Waals surface area (Å²) in [5, 5.41) is 3.86. The summed E-state index contributed by atoms with van der Waals surface area (Å²) >= 11 is 0. The molecule has 1 unspecified atom stereocenters. The van der Waals surface area contributed by atoms with Crippen LogP contribution in [0.5, 0.6) is 0 Å². The van der Waals surface area contributed by atoms with Gasteiger partial charge in [0.15, 0.2) is 0 Å². The molecule has 1 amide bonds. The molecule has 3 aromatic rings. The molecule has 1 aromatic heterocycles. The number of amides is 1. The van der Waals surface area contributed by atoms with E-state index >= 15 is 0 Å². The Morgan fingerprint density at radius 2 is 1.83 bits per heavy atom. The molecule has 2 aliphatic heterocycles. The zero-order valence-corrected chi connectivity index (χ0v) is 21.3. The van der Waals surface area contributed by atoms with Crippen LogP contribution in [0.25, 0.3) is 10.9 Å². The Kier molecular flexibility index (Phi) is 7.22. The van der Waals surface area contributed by atoms with Gasteiger partial charge in [0.2, 0.25) is 15.9 Å². The molecular weight excluding hydrogens is 476 g/mol. The average molecular weight is 509 g/mol. The smallest absolute Gasteiger partial charge is 0.243 e. The van der Waals surface area contributed by atoms with Crippen molar-refractivity contribution in [3.05, 3.63) is 65.7 Å². The van der Waals surface area contributed by atoms with Crippen molar-refractivity contribution in [1.82, 2.24) is 14.6 Å². The normalized spacial score (nSPS) is 19.4. The van der Waals surface area contributed by atoms with Crippen molar-refractivity contribution in [2.45, 2.75) is 31.2 Å². The molecule has 2 saturated heterocycles. The first kappa shape index (κ1) is 24.7. The SMILES string of the molecule is Cc1ccc(CNC(=O)C2CCCN(c3ccc4cc(S(=O)(=O)N5CCOCC5)ccc4n3)C2)cc1. The van der Waals surface area contributed by atoms with E-state index in [2.05, 4.69) is 22.3 Å². The van der Waals surface area contributed by atoms with Gasteiger partial charge in [-0.2, -0.15) is 4.31 Å². The molecule has 0 spiro atoms. The van der Waals surface area contributed by atoms with Gasteiger partial charge in [0, 0.05) is 38.1 Å². The molecule has 0 bridgehead atoms. The molecule has 2 fully saturated rings. The molecule has 8 nitrogen and oxygen atoms in total. The molecule has 0 aliphatic carbocycles. The number of hydrogen-bond acceptors (Lipinski definition) is 6. The summed E-state index contributed by atoms with van der Waals surface area (Å²) in [5.74, 6) is 0.782. The highest BCUT2D eigenvalue weighted by atomic mass is 32.2. The van der Waals surface area contributed by atoms with Gasteiger partial charge >= 0.3 is 0 Å². The number of carbonyl (C=O) groups excluding carboxylic acids is 1. The molecule has 0 saturated carbocycles. The molecule has 190 valence electrons. The predicted molar refractivity (Wildman–Crippen MR) is 139 cm³/mol. The van der Waals surface area contributed by atoms with Gasteiger partial charge in [-0.15, -0.1) is 0 Å². The first-order valence-electron chi connectivity index (χ1n) is 12.5. The van der Waals surface area contributed by atoms with Crippen LogP contribution < -0.4 is 10.2 Å². The van der Waals surface area contributed by atoms with Crippen molar-refractivity contribution in [2.24, 2.45) is 5.92 Å². The molecular formula is C27H32N4O4S. The summed E-state index contributed by atoms with van der Waals surface area (Å²) in [6.45, 7) is 5.59. The maximum Gasteiger partial charge on any atom is 0.243 e. The number of hydrogen-bond donors (Lipinski definition) is 1. The van der Waals surface area contributed by atoms with E-state index < -0.39 is 10.0 Å². The number of fused-ring (bicyclic) bond motifs is 1. The summed E-state index contributed by atoms with van der Waals surface area (Å²) in [7, 11) is -3.56. The van der Waals surface area contributed by atoms with Gasteiger partial charge in [-0.3, -0.25) is 4.79 Å². The summed E-state index contributed by atoms with van der Waals surface area (Å²) in [6, 6.07) is 17.1. The minimum Gasteiger partial charge on any atom is -0.379 e. The number of pyridine rings is 1. The van der Waals surface area contributed by atoms with Crippen LogP contribution in [0.3, 0.4) is 0 Å². The van der Waals surface area contributed by atoms with E-state index in [0.29, 0.717) is 39.4 Å². The van der Waals surface area contributed by atoms with Crippen LogP contribution >= 0.6 is 0 Å². The lowest BCUT2D eigenvalue weighted by molar-refractivity contribution is -0.125. The lowest BCUT2D eigenvalue weighted by atomic mass is 9.97. The van der Waals surface area contributed by atoms with Gasteiger partial charge in [0.1, 0.15) is 5.82 Å². The lowest BCUT2D eigenvalue weighted by Gasteiger charge is -2.33. The molecule has 0 radical (unpaired) electrons. The number of rotatable bonds is 6. The van der Waals surface area contributed by atoms with Gasteiger partial charge in [-0.25, -0.2) is 13.4 Å². The van der Waals surface area contributed by atoms with Crippen molar-refractivity contribution >= 4 is 32.7 Å². The van der Waals surface area contributed by atoms with Gasteiger partial charge in [-0.05, 0) is 55.7 Å². The minimum absolute atomic E-state index is 0.0685. The van der Waals surface area contributed by atoms with E-state index in [1.165, 1.54) is 9.87 Å². The Hall–Kier alpha value is -3.01. The number of nitrogens with one attached hydrogen (secondary N) is 1. The number of aromatic nitrogens is 1. The Morgan fingerprint density at radius 3 is 2.61 bits per heavy atom. The van der Waals surface area contributed by atoms with Crippen LogP contribution in [-0.4, -0.2) is 63.0 Å². The van der Waals surface area contributed by atoms with E-state index in [1.54, 1.807) is 18.2 Å². The zero-order chi connectivity index (χ0) is 25.1. The second-order valence-corrected chi connectivity index (χ2v) is 11.5. The monoisotopic (exact) mass is 508 g/mol. The number of benzene rings is 2. The number of anilines is 1. The highest BCUT2D eigenvalue weighted by Crippen LogP contribution is 2.27. The maximum atomic E-state index is 13.0. The fourth-order valence-corrected chi connectivity index (χ4v) is 6.25. The number of piperidine rings is 1. The maximum absolute atomic E-state index is 13.0. The van der Waals surface area contributed by atoms with Crippen LogP contribution in [0.1, 0.15) is 24.0 Å². The third kappa shape index (κ3) is 5.38. The van der Waals surface area contributed by atoms with Gasteiger partial charge < -0.3 is 15.0 Å². The standard InChI is InChI=1S/C27H32N4O4S/c1-20-4-6-21(7-5-20)18-28-27(32)23-3-2-12-30(19-23)26-11-8-22-17-24(9-10-25(22)29-26)36(33,34)31-13-15-35-16-14-31/h4-11,17,23H,2-3,12-16,18-19H2,1H3,(H,28,32). The highest BCUT2D eigenvalue weighted by Gasteiger charge is 2.28. The molecule has 2 aliphatic rings. The number of nitrogens with zero attached hydrogens (tertiary/aromatic N) is 3. The Bertz CT molecular complexity index is 1340. The fourth-order valence-electron chi connectivity index (χ4n) is 4.80. The number of carbonyl (C=O) groups is 1. The quantitative estimate of drug-likeness (QED) is 0.550. The van der Waals surface area contributed by atoms with Crippen LogP contribution in [0.15, 0.2) is 59.5 Å². The number of ether oxygens (including phenoxy) is 1. The Morgan fingerprint density at radius 1 is 1.06 bits per heavy atom. The highest BCUT2D eigenvalue weighted by molar-refractivity contribution is 7.89. The third-order valence-corrected chi connectivity index (χ3v) is 8.85. The summed E-state index contributed by atoms with van der Waals surface area (Å²) in [4.78, 5) is 20.1. The average Bonchev–Trinajstić information content (AvgIpc) is 2.92. The second-order valence-electron chi connectivity index (χ2n) is 9.53. The third-order valence-electron chi connectivity index (χ3n) is 6.96. The van der Waals surface area contributed by atoms with E-state index in [-0.39, 0.29) is 16.7 Å². The molecule has 5 rings (SSSR count). The largest absolute Gasteiger partial charge is 0.379 e. The minimum atomic E-state index is -3.56. The van der Waals surface area contributed by atoms with E-state index in [1.807, 2.05) is 31.2 Å². The van der Waals surface area contributed by atoms with Crippen LogP contribution in [0.2, 0.25) is 0 Å². The summed E-state index contributed by atoms with van der Waals surface area (Å²) in [5.41, 5.74) is 3.03. The number of aryl methyl sites for hydroxylation is 1. The first-order valence-corrected chi connectivity index (χ1v) is 13.9. The Balaban J connectivity index is 1.26. The van der Waals surface area contributed by atoms with Gasteiger partial charge in [-0.1, -0.05) is 29.8 Å². The summed E-state index contributed by atoms with van der Waals surface area (Å²) < 4.78 is 32.8.